The molecule has 0 bridgehead atoms. The first kappa shape index (κ1) is 14.8. The molecular formula is C15H14INO3. The van der Waals surface area contributed by atoms with E-state index in [1.54, 1.807) is 25.4 Å². The Morgan fingerprint density at radius 3 is 2.60 bits per heavy atom. The first-order valence-corrected chi connectivity index (χ1v) is 7.15. The van der Waals surface area contributed by atoms with Gasteiger partial charge in [-0.1, -0.05) is 12.1 Å². The Hall–Kier alpha value is -1.63. The van der Waals surface area contributed by atoms with E-state index in [0.29, 0.717) is 11.4 Å². The summed E-state index contributed by atoms with van der Waals surface area (Å²) in [7, 11) is 1.56. The average Bonchev–Trinajstić information content (AvgIpc) is 2.47. The predicted molar refractivity (Wildman–Crippen MR) is 83.8 cm³/mol. The van der Waals surface area contributed by atoms with Crippen LogP contribution >= 0.6 is 22.6 Å². The molecule has 0 saturated heterocycles. The molecule has 1 aromatic heterocycles. The van der Waals surface area contributed by atoms with Crippen molar-refractivity contribution in [1.29, 1.82) is 0 Å². The summed E-state index contributed by atoms with van der Waals surface area (Å²) < 4.78 is 11.3. The van der Waals surface area contributed by atoms with Gasteiger partial charge < -0.3 is 9.47 Å². The zero-order valence-corrected chi connectivity index (χ0v) is 13.3. The number of carbonyl (C=O) groups is 1. The Morgan fingerprint density at radius 1 is 1.25 bits per heavy atom. The summed E-state index contributed by atoms with van der Waals surface area (Å²) in [6, 6.07) is 10.9. The smallest absolute Gasteiger partial charge is 0.339 e. The molecule has 4 nitrogen and oxygen atoms in total. The number of hydrogen-bond acceptors (Lipinski definition) is 4. The quantitative estimate of drug-likeness (QED) is 0.598. The van der Waals surface area contributed by atoms with E-state index in [1.807, 2.05) is 31.2 Å². The fourth-order valence-corrected chi connectivity index (χ4v) is 2.28. The summed E-state index contributed by atoms with van der Waals surface area (Å²) in [5.41, 5.74) is 1.39. The zero-order chi connectivity index (χ0) is 14.5. The highest BCUT2D eigenvalue weighted by Gasteiger charge is 2.16. The monoisotopic (exact) mass is 383 g/mol. The molecular weight excluding hydrogens is 369 g/mol. The number of nitrogens with zero attached hydrogens (tertiary/aromatic N) is 1. The van der Waals surface area contributed by atoms with Crippen LogP contribution in [0.2, 0.25) is 0 Å². The van der Waals surface area contributed by atoms with Crippen molar-refractivity contribution in [3.05, 3.63) is 57.3 Å². The number of pyridine rings is 1. The number of halogens is 1. The number of rotatable bonds is 4. The second-order valence-electron chi connectivity index (χ2n) is 4.16. The van der Waals surface area contributed by atoms with Crippen LogP contribution in [0.15, 0.2) is 42.6 Å². The normalized spacial score (nSPS) is 11.8. The third-order valence-corrected chi connectivity index (χ3v) is 3.76. The Kier molecular flexibility index (Phi) is 4.94. The minimum atomic E-state index is -0.364. The molecule has 0 aliphatic heterocycles. The fourth-order valence-electron chi connectivity index (χ4n) is 1.67. The molecule has 1 unspecified atom stereocenters. The van der Waals surface area contributed by atoms with Crippen molar-refractivity contribution in [3.8, 4) is 5.88 Å². The van der Waals surface area contributed by atoms with Gasteiger partial charge in [0.05, 0.1) is 12.7 Å². The summed E-state index contributed by atoms with van der Waals surface area (Å²) >= 11 is 2.12. The van der Waals surface area contributed by atoms with Crippen LogP contribution < -0.4 is 4.74 Å². The molecule has 0 aliphatic carbocycles. The van der Waals surface area contributed by atoms with E-state index in [4.69, 9.17) is 9.47 Å². The second-order valence-corrected chi connectivity index (χ2v) is 5.32. The van der Waals surface area contributed by atoms with Crippen molar-refractivity contribution >= 4 is 28.6 Å². The van der Waals surface area contributed by atoms with Gasteiger partial charge in [0.1, 0.15) is 6.10 Å². The molecule has 0 N–H and O–H groups in total. The van der Waals surface area contributed by atoms with Crippen LogP contribution in [-0.2, 0) is 4.74 Å². The summed E-state index contributed by atoms with van der Waals surface area (Å²) in [4.78, 5) is 16.2. The zero-order valence-electron chi connectivity index (χ0n) is 11.2. The van der Waals surface area contributed by atoms with E-state index in [1.165, 1.54) is 0 Å². The van der Waals surface area contributed by atoms with Crippen molar-refractivity contribution in [2.75, 3.05) is 7.11 Å². The second kappa shape index (κ2) is 6.69. The lowest BCUT2D eigenvalue weighted by Gasteiger charge is -2.14. The highest BCUT2D eigenvalue weighted by atomic mass is 127. The van der Waals surface area contributed by atoms with Gasteiger partial charge >= 0.3 is 5.97 Å². The Morgan fingerprint density at radius 2 is 2.00 bits per heavy atom. The minimum Gasteiger partial charge on any atom is -0.481 e. The lowest BCUT2D eigenvalue weighted by atomic mass is 10.2. The van der Waals surface area contributed by atoms with Crippen LogP contribution in [0.4, 0.5) is 0 Å². The van der Waals surface area contributed by atoms with Crippen molar-refractivity contribution in [2.45, 2.75) is 13.0 Å². The van der Waals surface area contributed by atoms with Crippen molar-refractivity contribution in [1.82, 2.24) is 4.98 Å². The van der Waals surface area contributed by atoms with E-state index >= 15 is 0 Å². The lowest BCUT2D eigenvalue weighted by molar-refractivity contribution is 0.0336. The van der Waals surface area contributed by atoms with Crippen molar-refractivity contribution < 1.29 is 14.3 Å². The third kappa shape index (κ3) is 3.47. The summed E-state index contributed by atoms with van der Waals surface area (Å²) in [6.07, 6.45) is 1.28. The Labute approximate surface area is 131 Å². The Bertz CT molecular complexity index is 598. The average molecular weight is 383 g/mol. The molecule has 20 heavy (non-hydrogen) atoms. The number of hydrogen-bond donors (Lipinski definition) is 0. The molecule has 0 saturated carbocycles. The first-order chi connectivity index (χ1) is 9.61. The number of esters is 1. The van der Waals surface area contributed by atoms with Crippen LogP contribution in [0, 0.1) is 3.57 Å². The maximum absolute atomic E-state index is 12.1. The molecule has 0 spiro atoms. The van der Waals surface area contributed by atoms with Crippen LogP contribution in [0.1, 0.15) is 28.9 Å². The van der Waals surface area contributed by atoms with Gasteiger partial charge in [0.25, 0.3) is 0 Å². The van der Waals surface area contributed by atoms with Gasteiger partial charge in [-0.25, -0.2) is 9.78 Å². The van der Waals surface area contributed by atoms with E-state index in [-0.39, 0.29) is 12.1 Å². The van der Waals surface area contributed by atoms with Gasteiger partial charge in [0.15, 0.2) is 0 Å². The topological polar surface area (TPSA) is 48.4 Å². The molecule has 0 radical (unpaired) electrons. The highest BCUT2D eigenvalue weighted by Crippen LogP contribution is 2.21. The Balaban J connectivity index is 2.09. The van der Waals surface area contributed by atoms with Gasteiger partial charge in [-0.3, -0.25) is 0 Å². The van der Waals surface area contributed by atoms with Gasteiger partial charge in [-0.2, -0.15) is 0 Å². The lowest BCUT2D eigenvalue weighted by Crippen LogP contribution is -2.10. The maximum atomic E-state index is 12.1. The molecule has 1 heterocycles. The molecule has 0 amide bonds. The van der Waals surface area contributed by atoms with Crippen molar-refractivity contribution in [2.24, 2.45) is 0 Å². The number of carbonyl (C=O) groups excluding carboxylic acids is 1. The standard InChI is InChI=1S/C15H14INO3/c1-10(11-7-8-14(19-2)17-9-11)20-15(18)12-5-3-4-6-13(12)16/h3-10H,1-2H3. The molecule has 5 heteroatoms. The molecule has 104 valence electrons. The fraction of sp³-hybridized carbons (Fsp3) is 0.200. The molecule has 0 fully saturated rings. The van der Waals surface area contributed by atoms with Crippen LogP contribution in [0.25, 0.3) is 0 Å². The number of benzene rings is 1. The third-order valence-electron chi connectivity index (χ3n) is 2.82. The van der Waals surface area contributed by atoms with E-state index in [0.717, 1.165) is 9.13 Å². The van der Waals surface area contributed by atoms with E-state index in [2.05, 4.69) is 27.6 Å². The summed E-state index contributed by atoms with van der Waals surface area (Å²) in [6.45, 7) is 1.82. The first-order valence-electron chi connectivity index (χ1n) is 6.07. The van der Waals surface area contributed by atoms with E-state index in [9.17, 15) is 4.79 Å². The van der Waals surface area contributed by atoms with Crippen molar-refractivity contribution in [3.63, 3.8) is 0 Å². The van der Waals surface area contributed by atoms with Gasteiger partial charge in [0, 0.05) is 21.4 Å². The molecule has 0 aliphatic rings. The number of ether oxygens (including phenoxy) is 2. The number of methoxy groups -OCH3 is 1. The molecule has 2 rings (SSSR count). The molecule has 2 aromatic rings. The molecule has 1 aromatic carbocycles. The number of aromatic nitrogens is 1. The largest absolute Gasteiger partial charge is 0.481 e. The predicted octanol–water partition coefficient (Wildman–Crippen LogP) is 3.61. The minimum absolute atomic E-state index is 0.335. The SMILES string of the molecule is COc1ccc(C(C)OC(=O)c2ccccc2I)cn1. The summed E-state index contributed by atoms with van der Waals surface area (Å²) in [5.74, 6) is 0.197. The van der Waals surface area contributed by atoms with Gasteiger partial charge in [-0.15, -0.1) is 0 Å². The molecule has 1 atom stereocenters. The maximum Gasteiger partial charge on any atom is 0.339 e. The summed E-state index contributed by atoms with van der Waals surface area (Å²) in [5, 5.41) is 0. The van der Waals surface area contributed by atoms with Gasteiger partial charge in [-0.05, 0) is 47.7 Å². The van der Waals surface area contributed by atoms with Crippen LogP contribution in [0.3, 0.4) is 0 Å². The highest BCUT2D eigenvalue weighted by molar-refractivity contribution is 14.1. The van der Waals surface area contributed by atoms with Crippen LogP contribution in [0.5, 0.6) is 5.88 Å². The van der Waals surface area contributed by atoms with Gasteiger partial charge in [0.2, 0.25) is 5.88 Å². The van der Waals surface area contributed by atoms with E-state index < -0.39 is 0 Å². The van der Waals surface area contributed by atoms with Crippen LogP contribution in [-0.4, -0.2) is 18.1 Å².